The summed E-state index contributed by atoms with van der Waals surface area (Å²) in [6.45, 7) is 10.9. The second-order valence-corrected chi connectivity index (χ2v) is 7.15. The summed E-state index contributed by atoms with van der Waals surface area (Å²) in [6.07, 6.45) is 5.78. The van der Waals surface area contributed by atoms with Gasteiger partial charge in [-0.2, -0.15) is 0 Å². The summed E-state index contributed by atoms with van der Waals surface area (Å²) in [7, 11) is 0. The highest BCUT2D eigenvalue weighted by molar-refractivity contribution is 5.10. The van der Waals surface area contributed by atoms with Gasteiger partial charge >= 0.3 is 0 Å². The molecular weight excluding hydrogens is 274 g/mol. The second kappa shape index (κ2) is 7.07. The lowest BCUT2D eigenvalue weighted by atomic mass is 9.94. The van der Waals surface area contributed by atoms with Crippen LogP contribution in [0, 0.1) is 0 Å². The van der Waals surface area contributed by atoms with Gasteiger partial charge in [0.15, 0.2) is 0 Å². The van der Waals surface area contributed by atoms with Gasteiger partial charge in [-0.3, -0.25) is 14.8 Å². The van der Waals surface area contributed by atoms with E-state index in [1.54, 1.807) is 0 Å². The first-order chi connectivity index (χ1) is 10.7. The van der Waals surface area contributed by atoms with Gasteiger partial charge in [0.25, 0.3) is 0 Å². The molecule has 4 nitrogen and oxygen atoms in total. The maximum Gasteiger partial charge on any atom is 0.0594 e. The van der Waals surface area contributed by atoms with Crippen LogP contribution in [0.3, 0.4) is 0 Å². The number of rotatable bonds is 4. The molecule has 0 bridgehead atoms. The van der Waals surface area contributed by atoms with Crippen LogP contribution < -0.4 is 0 Å². The van der Waals surface area contributed by atoms with Crippen molar-refractivity contribution in [1.82, 2.24) is 14.8 Å². The molecule has 0 N–H and O–H groups in total. The lowest BCUT2D eigenvalue weighted by Crippen LogP contribution is -2.56. The summed E-state index contributed by atoms with van der Waals surface area (Å²) < 4.78 is 5.51. The largest absolute Gasteiger partial charge is 0.379 e. The van der Waals surface area contributed by atoms with Crippen LogP contribution in [0.1, 0.15) is 44.8 Å². The van der Waals surface area contributed by atoms with Crippen molar-refractivity contribution in [2.24, 2.45) is 0 Å². The minimum atomic E-state index is 0.189. The number of aromatic nitrogens is 1. The van der Waals surface area contributed by atoms with Crippen molar-refractivity contribution < 1.29 is 4.74 Å². The smallest absolute Gasteiger partial charge is 0.0594 e. The molecule has 0 radical (unpaired) electrons. The molecule has 0 aliphatic carbocycles. The predicted octanol–water partition coefficient (Wildman–Crippen LogP) is 2.72. The van der Waals surface area contributed by atoms with E-state index in [0.29, 0.717) is 6.04 Å². The van der Waals surface area contributed by atoms with Gasteiger partial charge in [0, 0.05) is 31.4 Å². The lowest BCUT2D eigenvalue weighted by molar-refractivity contribution is -0.0302. The predicted molar refractivity (Wildman–Crippen MR) is 88.9 cm³/mol. The van der Waals surface area contributed by atoms with E-state index in [-0.39, 0.29) is 5.54 Å². The zero-order valence-corrected chi connectivity index (χ0v) is 14.0. The molecule has 0 unspecified atom stereocenters. The highest BCUT2D eigenvalue weighted by atomic mass is 16.5. The maximum atomic E-state index is 5.51. The molecule has 4 heteroatoms. The Hall–Kier alpha value is -0.970. The fraction of sp³-hybridized carbons (Fsp3) is 0.722. The number of pyridine rings is 1. The van der Waals surface area contributed by atoms with Gasteiger partial charge in [-0.1, -0.05) is 12.5 Å². The van der Waals surface area contributed by atoms with Gasteiger partial charge in [0.1, 0.15) is 0 Å². The van der Waals surface area contributed by atoms with Gasteiger partial charge in [0.2, 0.25) is 0 Å². The highest BCUT2D eigenvalue weighted by Gasteiger charge is 2.34. The minimum absolute atomic E-state index is 0.189. The molecule has 22 heavy (non-hydrogen) atoms. The summed E-state index contributed by atoms with van der Waals surface area (Å²) in [4.78, 5) is 9.86. The minimum Gasteiger partial charge on any atom is -0.379 e. The number of nitrogens with zero attached hydrogens (tertiary/aromatic N) is 3. The topological polar surface area (TPSA) is 28.6 Å². The Bertz CT molecular complexity index is 457. The van der Waals surface area contributed by atoms with Crippen LogP contribution in [-0.2, 0) is 4.74 Å². The number of morpholine rings is 1. The van der Waals surface area contributed by atoms with Crippen LogP contribution in [-0.4, -0.2) is 59.7 Å². The number of ether oxygens (including phenoxy) is 1. The maximum absolute atomic E-state index is 5.51. The van der Waals surface area contributed by atoms with Crippen molar-refractivity contribution in [1.29, 1.82) is 0 Å². The van der Waals surface area contributed by atoms with E-state index < -0.39 is 0 Å². The van der Waals surface area contributed by atoms with Crippen molar-refractivity contribution in [3.8, 4) is 0 Å². The first kappa shape index (κ1) is 15.9. The van der Waals surface area contributed by atoms with E-state index in [0.717, 1.165) is 32.8 Å². The molecule has 3 heterocycles. The number of piperidine rings is 1. The average molecular weight is 303 g/mol. The molecule has 3 rings (SSSR count). The van der Waals surface area contributed by atoms with Crippen LogP contribution in [0.5, 0.6) is 0 Å². The standard InChI is InChI=1S/C18H29N3O/c1-18(2,21-11-13-22-14-12-21)15-20-10-6-4-8-17(20)16-7-3-5-9-19-16/h3,5,7,9,17H,4,6,8,10-15H2,1-2H3/t17-/m1/s1. The molecular formula is C18H29N3O. The Morgan fingerprint density at radius 3 is 2.73 bits per heavy atom. The van der Waals surface area contributed by atoms with Crippen molar-refractivity contribution >= 4 is 0 Å². The Morgan fingerprint density at radius 2 is 2.00 bits per heavy atom. The van der Waals surface area contributed by atoms with E-state index in [4.69, 9.17) is 4.74 Å². The molecule has 122 valence electrons. The van der Waals surface area contributed by atoms with Crippen molar-refractivity contribution in [3.63, 3.8) is 0 Å². The molecule has 0 spiro atoms. The average Bonchev–Trinajstić information content (AvgIpc) is 2.57. The van der Waals surface area contributed by atoms with E-state index in [2.05, 4.69) is 40.8 Å². The van der Waals surface area contributed by atoms with Crippen LogP contribution in [0.15, 0.2) is 24.4 Å². The van der Waals surface area contributed by atoms with Gasteiger partial charge < -0.3 is 4.74 Å². The van der Waals surface area contributed by atoms with E-state index in [9.17, 15) is 0 Å². The van der Waals surface area contributed by atoms with Crippen molar-refractivity contribution in [3.05, 3.63) is 30.1 Å². The lowest BCUT2D eigenvalue weighted by Gasteiger charge is -2.46. The summed E-state index contributed by atoms with van der Waals surface area (Å²) in [5.41, 5.74) is 1.42. The highest BCUT2D eigenvalue weighted by Crippen LogP contribution is 2.32. The normalized spacial score (nSPS) is 25.3. The van der Waals surface area contributed by atoms with Gasteiger partial charge in [-0.05, 0) is 45.4 Å². The van der Waals surface area contributed by atoms with E-state index in [1.165, 1.54) is 31.5 Å². The summed E-state index contributed by atoms with van der Waals surface area (Å²) in [5, 5.41) is 0. The Kier molecular flexibility index (Phi) is 5.11. The molecule has 0 amide bonds. The molecule has 0 saturated carbocycles. The third kappa shape index (κ3) is 3.67. The van der Waals surface area contributed by atoms with Crippen molar-refractivity contribution in [2.75, 3.05) is 39.4 Å². The molecule has 1 aromatic rings. The molecule has 0 aromatic carbocycles. The zero-order valence-electron chi connectivity index (χ0n) is 14.0. The SMILES string of the molecule is CC(C)(CN1CCCC[C@@H]1c1ccccn1)N1CCOCC1. The zero-order chi connectivity index (χ0) is 15.4. The van der Waals surface area contributed by atoms with Gasteiger partial charge in [-0.25, -0.2) is 0 Å². The fourth-order valence-electron chi connectivity index (χ4n) is 3.85. The summed E-state index contributed by atoms with van der Waals surface area (Å²) in [5.74, 6) is 0. The first-order valence-corrected chi connectivity index (χ1v) is 8.65. The fourth-order valence-corrected chi connectivity index (χ4v) is 3.85. The Balaban J connectivity index is 1.70. The number of likely N-dealkylation sites (tertiary alicyclic amines) is 1. The van der Waals surface area contributed by atoms with Crippen LogP contribution in [0.2, 0.25) is 0 Å². The van der Waals surface area contributed by atoms with E-state index in [1.807, 2.05) is 12.3 Å². The molecule has 2 saturated heterocycles. The molecule has 2 aliphatic rings. The van der Waals surface area contributed by atoms with Crippen molar-refractivity contribution in [2.45, 2.75) is 44.7 Å². The van der Waals surface area contributed by atoms with Crippen LogP contribution in [0.4, 0.5) is 0 Å². The number of hydrogen-bond donors (Lipinski definition) is 0. The van der Waals surface area contributed by atoms with Gasteiger partial charge in [-0.15, -0.1) is 0 Å². The monoisotopic (exact) mass is 303 g/mol. The Labute approximate surface area is 134 Å². The molecule has 2 fully saturated rings. The molecule has 2 aliphatic heterocycles. The van der Waals surface area contributed by atoms with Gasteiger partial charge in [0.05, 0.1) is 24.9 Å². The first-order valence-electron chi connectivity index (χ1n) is 8.65. The summed E-state index contributed by atoms with van der Waals surface area (Å²) >= 11 is 0. The number of hydrogen-bond acceptors (Lipinski definition) is 4. The molecule has 1 aromatic heterocycles. The summed E-state index contributed by atoms with van der Waals surface area (Å²) in [6, 6.07) is 6.79. The van der Waals surface area contributed by atoms with Crippen LogP contribution >= 0.6 is 0 Å². The quantitative estimate of drug-likeness (QED) is 0.855. The second-order valence-electron chi connectivity index (χ2n) is 7.15. The van der Waals surface area contributed by atoms with E-state index >= 15 is 0 Å². The third-order valence-electron chi connectivity index (χ3n) is 5.10. The third-order valence-corrected chi connectivity index (χ3v) is 5.10. The van der Waals surface area contributed by atoms with Crippen LogP contribution in [0.25, 0.3) is 0 Å². The molecule has 1 atom stereocenters. The Morgan fingerprint density at radius 1 is 1.18 bits per heavy atom.